The molecule has 0 N–H and O–H groups in total. The van der Waals surface area contributed by atoms with Crippen molar-refractivity contribution in [2.45, 2.75) is 26.7 Å². The number of piperidine rings is 1. The van der Waals surface area contributed by atoms with Crippen LogP contribution in [-0.2, 0) is 9.59 Å². The number of nitrogens with zero attached hydrogens (tertiary/aromatic N) is 2. The number of hydrogen-bond donors (Lipinski definition) is 0. The van der Waals surface area contributed by atoms with Gasteiger partial charge in [-0.15, -0.1) is 0 Å². The molecule has 0 aromatic carbocycles. The molecule has 1 radical (unpaired) electrons. The quantitative estimate of drug-likeness (QED) is 0.718. The van der Waals surface area contributed by atoms with E-state index in [1.54, 1.807) is 0 Å². The third kappa shape index (κ3) is 4.11. The summed E-state index contributed by atoms with van der Waals surface area (Å²) in [4.78, 5) is 27.1. The van der Waals surface area contributed by atoms with Crippen LogP contribution in [-0.4, -0.2) is 54.2 Å². The van der Waals surface area contributed by atoms with Crippen LogP contribution in [0.3, 0.4) is 0 Å². The van der Waals surface area contributed by atoms with Gasteiger partial charge < -0.3 is 4.90 Å². The Hall–Kier alpha value is -0.900. The van der Waals surface area contributed by atoms with Crippen molar-refractivity contribution >= 4 is 11.7 Å². The van der Waals surface area contributed by atoms with E-state index in [0.29, 0.717) is 13.1 Å². The molecule has 0 aromatic rings. The number of amides is 1. The number of likely N-dealkylation sites (tertiary alicyclic amines) is 1. The van der Waals surface area contributed by atoms with Crippen LogP contribution in [0.15, 0.2) is 0 Å². The maximum Gasteiger partial charge on any atom is 0.226 e. The van der Waals surface area contributed by atoms with Crippen molar-refractivity contribution < 1.29 is 9.59 Å². The van der Waals surface area contributed by atoms with Crippen LogP contribution in [0.25, 0.3) is 0 Å². The fraction of sp³-hybridized carbons (Fsp3) is 0.769. The molecule has 0 bridgehead atoms. The summed E-state index contributed by atoms with van der Waals surface area (Å²) in [6.07, 6.45) is 1.93. The lowest BCUT2D eigenvalue weighted by atomic mass is 9.96. The summed E-state index contributed by atoms with van der Waals surface area (Å²) in [5, 5.41) is 0. The molecule has 0 aromatic heterocycles. The van der Waals surface area contributed by atoms with Crippen LogP contribution >= 0.6 is 0 Å². The average Bonchev–Trinajstić information content (AvgIpc) is 2.30. The molecular formula is C13H23N2O2. The van der Waals surface area contributed by atoms with Crippen LogP contribution in [0.5, 0.6) is 0 Å². The normalized spacial score (nSPS) is 21.2. The Bertz CT molecular complexity index is 275. The molecule has 1 saturated heterocycles. The van der Waals surface area contributed by atoms with Gasteiger partial charge in [0.1, 0.15) is 5.78 Å². The Morgan fingerprint density at radius 3 is 2.53 bits per heavy atom. The Morgan fingerprint density at radius 1 is 1.35 bits per heavy atom. The van der Waals surface area contributed by atoms with Crippen molar-refractivity contribution in [3.8, 4) is 0 Å². The topological polar surface area (TPSA) is 40.6 Å². The summed E-state index contributed by atoms with van der Waals surface area (Å²) in [5.41, 5.74) is 0. The monoisotopic (exact) mass is 239 g/mol. The zero-order chi connectivity index (χ0) is 12.8. The van der Waals surface area contributed by atoms with Gasteiger partial charge in [-0.05, 0) is 33.2 Å². The van der Waals surface area contributed by atoms with Crippen molar-refractivity contribution in [2.24, 2.45) is 5.92 Å². The number of carbonyl (C=O) groups is 2. The molecule has 1 amide bonds. The molecule has 1 aliphatic rings. The van der Waals surface area contributed by atoms with E-state index in [2.05, 4.69) is 6.92 Å². The van der Waals surface area contributed by atoms with Gasteiger partial charge in [0.15, 0.2) is 0 Å². The molecule has 0 spiro atoms. The molecule has 97 valence electrons. The zero-order valence-corrected chi connectivity index (χ0v) is 10.9. The van der Waals surface area contributed by atoms with Crippen LogP contribution in [0.4, 0.5) is 0 Å². The summed E-state index contributed by atoms with van der Waals surface area (Å²) in [7, 11) is 0. The third-order valence-corrected chi connectivity index (χ3v) is 3.33. The molecule has 0 aliphatic carbocycles. The first-order valence-corrected chi connectivity index (χ1v) is 6.44. The Morgan fingerprint density at radius 2 is 2.00 bits per heavy atom. The smallest absolute Gasteiger partial charge is 0.226 e. The second kappa shape index (κ2) is 6.74. The van der Waals surface area contributed by atoms with Gasteiger partial charge in [0.25, 0.3) is 0 Å². The molecule has 4 nitrogen and oxygen atoms in total. The highest BCUT2D eigenvalue weighted by Crippen LogP contribution is 2.18. The van der Waals surface area contributed by atoms with Crippen molar-refractivity contribution in [1.82, 2.24) is 9.80 Å². The second-order valence-corrected chi connectivity index (χ2v) is 4.62. The molecule has 1 rings (SSSR count). The standard InChI is InChI=1S/C13H23N2O2/c1-4-15(5-2)13(17)12-7-6-8-14(10-12)9-11(3)16/h12H,3-10H2,1-2H3. The van der Waals surface area contributed by atoms with E-state index in [4.69, 9.17) is 0 Å². The fourth-order valence-electron chi connectivity index (χ4n) is 2.44. The van der Waals surface area contributed by atoms with Gasteiger partial charge in [0.05, 0.1) is 12.5 Å². The first-order chi connectivity index (χ1) is 8.08. The Kier molecular flexibility index (Phi) is 5.62. The largest absolute Gasteiger partial charge is 0.343 e. The van der Waals surface area contributed by atoms with E-state index in [1.807, 2.05) is 23.6 Å². The zero-order valence-electron chi connectivity index (χ0n) is 10.9. The van der Waals surface area contributed by atoms with E-state index < -0.39 is 0 Å². The summed E-state index contributed by atoms with van der Waals surface area (Å²) in [6, 6.07) is 0. The minimum Gasteiger partial charge on any atom is -0.343 e. The van der Waals surface area contributed by atoms with Crippen molar-refractivity contribution in [2.75, 3.05) is 32.7 Å². The van der Waals surface area contributed by atoms with Gasteiger partial charge in [-0.2, -0.15) is 0 Å². The Balaban J connectivity index is 2.53. The molecule has 1 heterocycles. The number of hydrogen-bond acceptors (Lipinski definition) is 3. The molecule has 1 unspecified atom stereocenters. The van der Waals surface area contributed by atoms with Crippen molar-refractivity contribution in [3.05, 3.63) is 6.92 Å². The summed E-state index contributed by atoms with van der Waals surface area (Å²) >= 11 is 0. The lowest BCUT2D eigenvalue weighted by molar-refractivity contribution is -0.137. The highest BCUT2D eigenvalue weighted by molar-refractivity contribution is 5.84. The van der Waals surface area contributed by atoms with Crippen molar-refractivity contribution in [3.63, 3.8) is 0 Å². The van der Waals surface area contributed by atoms with Gasteiger partial charge in [0.2, 0.25) is 5.91 Å². The molecule has 0 saturated carbocycles. The summed E-state index contributed by atoms with van der Waals surface area (Å²) in [6.45, 7) is 10.9. The summed E-state index contributed by atoms with van der Waals surface area (Å²) in [5.74, 6) is 0.222. The number of ketones is 1. The van der Waals surface area contributed by atoms with Gasteiger partial charge in [0, 0.05) is 26.6 Å². The number of carbonyl (C=O) groups excluding carboxylic acids is 2. The predicted molar refractivity (Wildman–Crippen MR) is 67.5 cm³/mol. The van der Waals surface area contributed by atoms with E-state index in [-0.39, 0.29) is 17.6 Å². The van der Waals surface area contributed by atoms with Gasteiger partial charge in [-0.25, -0.2) is 0 Å². The van der Waals surface area contributed by atoms with Crippen LogP contribution < -0.4 is 0 Å². The number of Topliss-reactive ketones (excluding diaryl/α,β-unsaturated/α-hetero) is 1. The maximum absolute atomic E-state index is 12.2. The van der Waals surface area contributed by atoms with Crippen LogP contribution in [0, 0.1) is 12.8 Å². The highest BCUT2D eigenvalue weighted by Gasteiger charge is 2.28. The molecule has 1 aliphatic heterocycles. The van der Waals surface area contributed by atoms with Crippen LogP contribution in [0.1, 0.15) is 26.7 Å². The molecule has 17 heavy (non-hydrogen) atoms. The molecular weight excluding hydrogens is 216 g/mol. The fourth-order valence-corrected chi connectivity index (χ4v) is 2.44. The lowest BCUT2D eigenvalue weighted by Crippen LogP contribution is -2.45. The molecule has 1 atom stereocenters. The summed E-state index contributed by atoms with van der Waals surface area (Å²) < 4.78 is 0. The van der Waals surface area contributed by atoms with E-state index >= 15 is 0 Å². The first kappa shape index (κ1) is 14.2. The molecule has 4 heteroatoms. The third-order valence-electron chi connectivity index (χ3n) is 3.33. The highest BCUT2D eigenvalue weighted by atomic mass is 16.2. The van der Waals surface area contributed by atoms with Gasteiger partial charge in [-0.1, -0.05) is 0 Å². The minimum atomic E-state index is -0.0686. The lowest BCUT2D eigenvalue weighted by Gasteiger charge is -2.33. The van der Waals surface area contributed by atoms with Crippen LogP contribution in [0.2, 0.25) is 0 Å². The minimum absolute atomic E-state index is 0.0583. The van der Waals surface area contributed by atoms with Crippen molar-refractivity contribution in [1.29, 1.82) is 0 Å². The Labute approximate surface area is 104 Å². The maximum atomic E-state index is 12.2. The van der Waals surface area contributed by atoms with E-state index in [0.717, 1.165) is 32.5 Å². The first-order valence-electron chi connectivity index (χ1n) is 6.44. The SMILES string of the molecule is [CH2]C(=O)CN1CCCC(C(=O)N(CC)CC)C1. The number of rotatable bonds is 5. The van der Waals surface area contributed by atoms with E-state index in [9.17, 15) is 9.59 Å². The average molecular weight is 239 g/mol. The predicted octanol–water partition coefficient (Wildman–Crippen LogP) is 0.970. The van der Waals surface area contributed by atoms with Gasteiger partial charge in [-0.3, -0.25) is 14.5 Å². The van der Waals surface area contributed by atoms with Gasteiger partial charge >= 0.3 is 0 Å². The molecule has 1 fully saturated rings. The second-order valence-electron chi connectivity index (χ2n) is 4.62. The van der Waals surface area contributed by atoms with E-state index in [1.165, 1.54) is 0 Å².